The van der Waals surface area contributed by atoms with Gasteiger partial charge >= 0.3 is 0 Å². The van der Waals surface area contributed by atoms with Gasteiger partial charge in [0, 0.05) is 24.7 Å². The summed E-state index contributed by atoms with van der Waals surface area (Å²) in [6.45, 7) is 2.85. The Kier molecular flexibility index (Phi) is 3.66. The molecule has 82 valence electrons. The molecule has 0 radical (unpaired) electrons. The number of nitrogens with zero attached hydrogens (tertiary/aromatic N) is 1. The van der Waals surface area contributed by atoms with Gasteiger partial charge in [0.05, 0.1) is 4.92 Å². The monoisotopic (exact) mass is 228 g/mol. The summed E-state index contributed by atoms with van der Waals surface area (Å²) in [6, 6.07) is 5.57. The highest BCUT2D eigenvalue weighted by atomic mass is 35.5. The van der Waals surface area contributed by atoms with Crippen molar-refractivity contribution >= 4 is 18.1 Å². The van der Waals surface area contributed by atoms with E-state index in [2.05, 4.69) is 12.2 Å². The third-order valence-corrected chi connectivity index (χ3v) is 2.57. The third kappa shape index (κ3) is 2.46. The maximum Gasteiger partial charge on any atom is 0.269 e. The van der Waals surface area contributed by atoms with Gasteiger partial charge in [-0.05, 0) is 24.5 Å². The molecule has 0 aliphatic carbocycles. The van der Waals surface area contributed by atoms with E-state index in [4.69, 9.17) is 0 Å². The number of hydrogen-bond acceptors (Lipinski definition) is 3. The van der Waals surface area contributed by atoms with Crippen molar-refractivity contribution in [2.45, 2.75) is 25.9 Å². The highest BCUT2D eigenvalue weighted by Gasteiger charge is 2.16. The molecular formula is C10H13ClN2O2. The zero-order valence-electron chi connectivity index (χ0n) is 8.40. The van der Waals surface area contributed by atoms with Crippen molar-refractivity contribution in [3.05, 3.63) is 39.4 Å². The second-order valence-electron chi connectivity index (χ2n) is 3.70. The van der Waals surface area contributed by atoms with E-state index in [1.807, 2.05) is 6.07 Å². The van der Waals surface area contributed by atoms with E-state index in [9.17, 15) is 10.1 Å². The molecule has 1 unspecified atom stereocenters. The average Bonchev–Trinajstić information content (AvgIpc) is 2.16. The molecule has 4 nitrogen and oxygen atoms in total. The van der Waals surface area contributed by atoms with Crippen LogP contribution in [0.25, 0.3) is 0 Å². The lowest BCUT2D eigenvalue weighted by Crippen LogP contribution is -2.32. The fourth-order valence-electron chi connectivity index (χ4n) is 1.78. The lowest BCUT2D eigenvalue weighted by atomic mass is 9.96. The second-order valence-corrected chi connectivity index (χ2v) is 3.70. The molecule has 2 rings (SSSR count). The fourth-order valence-corrected chi connectivity index (χ4v) is 1.78. The van der Waals surface area contributed by atoms with Crippen LogP contribution in [-0.4, -0.2) is 11.0 Å². The Balaban J connectivity index is 0.00000112. The topological polar surface area (TPSA) is 55.2 Å². The molecule has 0 spiro atoms. The molecule has 5 heteroatoms. The largest absolute Gasteiger partial charge is 0.310 e. The molecule has 1 aliphatic rings. The van der Waals surface area contributed by atoms with Crippen LogP contribution in [0.3, 0.4) is 0 Å². The lowest BCUT2D eigenvalue weighted by molar-refractivity contribution is -0.384. The van der Waals surface area contributed by atoms with Gasteiger partial charge in [-0.3, -0.25) is 10.1 Å². The fraction of sp³-hybridized carbons (Fsp3) is 0.400. The molecule has 15 heavy (non-hydrogen) atoms. The average molecular weight is 229 g/mol. The first-order valence-corrected chi connectivity index (χ1v) is 4.66. The molecule has 1 atom stereocenters. The number of nitrogens with one attached hydrogen (secondary N) is 1. The van der Waals surface area contributed by atoms with Crippen LogP contribution in [-0.2, 0) is 13.0 Å². The van der Waals surface area contributed by atoms with Crippen LogP contribution in [0.5, 0.6) is 0 Å². The van der Waals surface area contributed by atoms with Crippen molar-refractivity contribution in [1.82, 2.24) is 5.32 Å². The molecule has 0 aromatic heterocycles. The summed E-state index contributed by atoms with van der Waals surface area (Å²) in [5, 5.41) is 13.8. The second kappa shape index (κ2) is 4.59. The smallest absolute Gasteiger partial charge is 0.269 e. The number of benzene rings is 1. The summed E-state index contributed by atoms with van der Waals surface area (Å²) in [5.74, 6) is 0. The summed E-state index contributed by atoms with van der Waals surface area (Å²) < 4.78 is 0. The van der Waals surface area contributed by atoms with Crippen LogP contribution in [0.1, 0.15) is 18.1 Å². The van der Waals surface area contributed by atoms with E-state index < -0.39 is 0 Å². The predicted octanol–water partition coefficient (Wildman–Crippen LogP) is 2.05. The van der Waals surface area contributed by atoms with Gasteiger partial charge < -0.3 is 5.32 Å². The van der Waals surface area contributed by atoms with Crippen LogP contribution in [0, 0.1) is 10.1 Å². The zero-order valence-corrected chi connectivity index (χ0v) is 9.21. The van der Waals surface area contributed by atoms with Gasteiger partial charge in [-0.25, -0.2) is 0 Å². The van der Waals surface area contributed by atoms with Crippen molar-refractivity contribution in [1.29, 1.82) is 0 Å². The first-order valence-electron chi connectivity index (χ1n) is 4.66. The maximum atomic E-state index is 10.5. The van der Waals surface area contributed by atoms with Crippen molar-refractivity contribution in [3.8, 4) is 0 Å². The lowest BCUT2D eigenvalue weighted by Gasteiger charge is -2.22. The molecule has 1 aromatic carbocycles. The van der Waals surface area contributed by atoms with Crippen molar-refractivity contribution in [2.24, 2.45) is 0 Å². The number of hydrogen-bond donors (Lipinski definition) is 1. The molecule has 0 saturated carbocycles. The number of halogens is 1. The SMILES string of the molecule is CC1Cc2ccc([N+](=O)[O-])cc2CN1.Cl. The molecule has 0 bridgehead atoms. The van der Waals surface area contributed by atoms with E-state index in [1.165, 1.54) is 5.56 Å². The van der Waals surface area contributed by atoms with Gasteiger partial charge in [0.25, 0.3) is 5.69 Å². The Morgan fingerprint density at radius 2 is 2.20 bits per heavy atom. The van der Waals surface area contributed by atoms with Gasteiger partial charge in [-0.15, -0.1) is 12.4 Å². The molecule has 0 fully saturated rings. The molecule has 1 aromatic rings. The van der Waals surface area contributed by atoms with Crippen molar-refractivity contribution < 1.29 is 4.92 Å². The summed E-state index contributed by atoms with van der Waals surface area (Å²) in [7, 11) is 0. The number of nitro groups is 1. The summed E-state index contributed by atoms with van der Waals surface area (Å²) in [6.07, 6.45) is 0.952. The highest BCUT2D eigenvalue weighted by molar-refractivity contribution is 5.85. The van der Waals surface area contributed by atoms with Gasteiger partial charge in [-0.2, -0.15) is 0 Å². The molecular weight excluding hydrogens is 216 g/mol. The number of nitro benzene ring substituents is 1. The molecule has 0 amide bonds. The Morgan fingerprint density at radius 1 is 1.47 bits per heavy atom. The van der Waals surface area contributed by atoms with E-state index in [0.29, 0.717) is 6.04 Å². The van der Waals surface area contributed by atoms with E-state index in [-0.39, 0.29) is 23.0 Å². The Hall–Kier alpha value is -1.13. The third-order valence-electron chi connectivity index (χ3n) is 2.57. The standard InChI is InChI=1S/C10H12N2O2.ClH/c1-7-4-8-2-3-10(12(13)14)5-9(8)6-11-7;/h2-3,5,7,11H,4,6H2,1H3;1H. The summed E-state index contributed by atoms with van der Waals surface area (Å²) in [5.41, 5.74) is 2.46. The normalized spacial score (nSPS) is 18.9. The van der Waals surface area contributed by atoms with Gasteiger partial charge in [0.1, 0.15) is 0 Å². The van der Waals surface area contributed by atoms with Crippen LogP contribution in [0.15, 0.2) is 18.2 Å². The van der Waals surface area contributed by atoms with Gasteiger partial charge in [-0.1, -0.05) is 6.07 Å². The minimum Gasteiger partial charge on any atom is -0.310 e. The number of rotatable bonds is 1. The predicted molar refractivity (Wildman–Crippen MR) is 60.4 cm³/mol. The quantitative estimate of drug-likeness (QED) is 0.591. The van der Waals surface area contributed by atoms with E-state index >= 15 is 0 Å². The molecule has 1 N–H and O–H groups in total. The minimum absolute atomic E-state index is 0. The van der Waals surface area contributed by atoms with Crippen molar-refractivity contribution in [2.75, 3.05) is 0 Å². The Morgan fingerprint density at radius 3 is 2.87 bits per heavy atom. The summed E-state index contributed by atoms with van der Waals surface area (Å²) >= 11 is 0. The van der Waals surface area contributed by atoms with Crippen LogP contribution in [0.2, 0.25) is 0 Å². The molecule has 0 saturated heterocycles. The highest BCUT2D eigenvalue weighted by Crippen LogP contribution is 2.21. The first-order chi connectivity index (χ1) is 6.66. The maximum absolute atomic E-state index is 10.5. The van der Waals surface area contributed by atoms with Crippen LogP contribution < -0.4 is 5.32 Å². The van der Waals surface area contributed by atoms with E-state index in [1.54, 1.807) is 12.1 Å². The number of non-ortho nitro benzene ring substituents is 1. The van der Waals surface area contributed by atoms with E-state index in [0.717, 1.165) is 18.5 Å². The molecule has 1 aliphatic heterocycles. The Labute approximate surface area is 94.2 Å². The van der Waals surface area contributed by atoms with Gasteiger partial charge in [0.2, 0.25) is 0 Å². The minimum atomic E-state index is -0.349. The zero-order chi connectivity index (χ0) is 10.1. The van der Waals surface area contributed by atoms with Gasteiger partial charge in [0.15, 0.2) is 0 Å². The van der Waals surface area contributed by atoms with Crippen LogP contribution >= 0.6 is 12.4 Å². The summed E-state index contributed by atoms with van der Waals surface area (Å²) in [4.78, 5) is 10.2. The first kappa shape index (κ1) is 11.9. The number of fused-ring (bicyclic) bond motifs is 1. The molecule has 1 heterocycles. The van der Waals surface area contributed by atoms with Crippen LogP contribution in [0.4, 0.5) is 5.69 Å². The Bertz CT molecular complexity index is 382. The van der Waals surface area contributed by atoms with Crippen molar-refractivity contribution in [3.63, 3.8) is 0 Å².